The van der Waals surface area contributed by atoms with E-state index in [9.17, 15) is 0 Å². The maximum Gasteiger partial charge on any atom is 0.203 e. The number of unbranched alkanes of at least 4 members (excludes halogenated alkanes) is 1. The van der Waals surface area contributed by atoms with E-state index < -0.39 is 0 Å². The molecule has 0 aliphatic carbocycles. The predicted molar refractivity (Wildman–Crippen MR) is 71.4 cm³/mol. The summed E-state index contributed by atoms with van der Waals surface area (Å²) < 4.78 is 7.40. The van der Waals surface area contributed by atoms with E-state index in [-0.39, 0.29) is 0 Å². The summed E-state index contributed by atoms with van der Waals surface area (Å²) in [5.41, 5.74) is 1.07. The number of hydrogen-bond acceptors (Lipinski definition) is 3. The van der Waals surface area contributed by atoms with Crippen molar-refractivity contribution in [2.24, 2.45) is 0 Å². The second-order valence-electron chi connectivity index (χ2n) is 4.46. The van der Waals surface area contributed by atoms with Gasteiger partial charge in [-0.2, -0.15) is 0 Å². The van der Waals surface area contributed by atoms with Crippen LogP contribution in [0.25, 0.3) is 0 Å². The van der Waals surface area contributed by atoms with Gasteiger partial charge in [0.25, 0.3) is 0 Å². The van der Waals surface area contributed by atoms with E-state index >= 15 is 0 Å². The molecule has 0 aliphatic rings. The molecule has 4 nitrogen and oxygen atoms in total. The Hall–Kier alpha value is -1.03. The molecule has 0 saturated heterocycles. The van der Waals surface area contributed by atoms with Crippen LogP contribution >= 0.6 is 0 Å². The second-order valence-corrected chi connectivity index (χ2v) is 4.46. The van der Waals surface area contributed by atoms with Crippen molar-refractivity contribution < 1.29 is 4.74 Å². The standard InChI is InChI=1S/C13H25N3O/c1-5-7-8-16-9-11(3)14-13(16)15-12(6-2)10-17-4/h9,12H,5-8,10H2,1-4H3,(H,14,15). The van der Waals surface area contributed by atoms with Gasteiger partial charge in [0.05, 0.1) is 18.3 Å². The highest BCUT2D eigenvalue weighted by Gasteiger charge is 2.10. The highest BCUT2D eigenvalue weighted by atomic mass is 16.5. The fourth-order valence-electron chi connectivity index (χ4n) is 1.81. The topological polar surface area (TPSA) is 39.1 Å². The summed E-state index contributed by atoms with van der Waals surface area (Å²) in [4.78, 5) is 4.53. The number of methoxy groups -OCH3 is 1. The maximum atomic E-state index is 5.20. The van der Waals surface area contributed by atoms with Crippen molar-refractivity contribution in [2.75, 3.05) is 19.0 Å². The summed E-state index contributed by atoms with van der Waals surface area (Å²) >= 11 is 0. The van der Waals surface area contributed by atoms with Crippen LogP contribution in [-0.4, -0.2) is 29.3 Å². The van der Waals surface area contributed by atoms with Gasteiger partial charge in [0.15, 0.2) is 0 Å². The van der Waals surface area contributed by atoms with Gasteiger partial charge in [0.1, 0.15) is 0 Å². The Kier molecular flexibility index (Phi) is 6.05. The first kappa shape index (κ1) is 14.0. The Morgan fingerprint density at radius 1 is 1.47 bits per heavy atom. The number of nitrogens with one attached hydrogen (secondary N) is 1. The summed E-state index contributed by atoms with van der Waals surface area (Å²) in [6, 6.07) is 0.335. The molecule has 1 atom stereocenters. The lowest BCUT2D eigenvalue weighted by Gasteiger charge is -2.17. The highest BCUT2D eigenvalue weighted by Crippen LogP contribution is 2.12. The fraction of sp³-hybridized carbons (Fsp3) is 0.769. The SMILES string of the molecule is CCCCn1cc(C)nc1NC(CC)COC. The molecule has 0 spiro atoms. The van der Waals surface area contributed by atoms with Crippen LogP contribution in [0.15, 0.2) is 6.20 Å². The molecule has 1 rings (SSSR count). The molecular formula is C13H25N3O. The van der Waals surface area contributed by atoms with Gasteiger partial charge in [0, 0.05) is 19.9 Å². The average Bonchev–Trinajstić information content (AvgIpc) is 2.66. The molecule has 0 amide bonds. The van der Waals surface area contributed by atoms with Crippen molar-refractivity contribution in [1.29, 1.82) is 0 Å². The van der Waals surface area contributed by atoms with Gasteiger partial charge >= 0.3 is 0 Å². The maximum absolute atomic E-state index is 5.20. The molecule has 1 heterocycles. The summed E-state index contributed by atoms with van der Waals surface area (Å²) in [5.74, 6) is 0.972. The van der Waals surface area contributed by atoms with E-state index in [1.807, 2.05) is 6.92 Å². The van der Waals surface area contributed by atoms with Gasteiger partial charge in [-0.1, -0.05) is 20.3 Å². The molecular weight excluding hydrogens is 214 g/mol. The van der Waals surface area contributed by atoms with Crippen LogP contribution in [0.5, 0.6) is 0 Å². The lowest BCUT2D eigenvalue weighted by molar-refractivity contribution is 0.184. The summed E-state index contributed by atoms with van der Waals surface area (Å²) in [6.07, 6.45) is 5.53. The molecule has 1 N–H and O–H groups in total. The van der Waals surface area contributed by atoms with Crippen LogP contribution < -0.4 is 5.32 Å². The van der Waals surface area contributed by atoms with Gasteiger partial charge in [-0.3, -0.25) is 0 Å². The van der Waals surface area contributed by atoms with Crippen LogP contribution in [0, 0.1) is 6.92 Å². The zero-order valence-corrected chi connectivity index (χ0v) is 11.5. The molecule has 0 aromatic carbocycles. The molecule has 0 aliphatic heterocycles. The minimum atomic E-state index is 0.335. The van der Waals surface area contributed by atoms with Gasteiger partial charge in [0.2, 0.25) is 5.95 Å². The molecule has 17 heavy (non-hydrogen) atoms. The quantitative estimate of drug-likeness (QED) is 0.758. The number of nitrogens with zero attached hydrogens (tertiary/aromatic N) is 2. The molecule has 0 bridgehead atoms. The average molecular weight is 239 g/mol. The first-order chi connectivity index (χ1) is 8.21. The smallest absolute Gasteiger partial charge is 0.203 e. The minimum absolute atomic E-state index is 0.335. The monoisotopic (exact) mass is 239 g/mol. The number of rotatable bonds is 8. The van der Waals surface area contributed by atoms with Crippen LogP contribution in [0.4, 0.5) is 5.95 Å². The third-order valence-corrected chi connectivity index (χ3v) is 2.84. The zero-order chi connectivity index (χ0) is 12.7. The van der Waals surface area contributed by atoms with Gasteiger partial charge in [-0.25, -0.2) is 4.98 Å². The largest absolute Gasteiger partial charge is 0.383 e. The molecule has 1 unspecified atom stereocenters. The summed E-state index contributed by atoms with van der Waals surface area (Å²) in [7, 11) is 1.74. The Morgan fingerprint density at radius 2 is 2.24 bits per heavy atom. The third-order valence-electron chi connectivity index (χ3n) is 2.84. The lowest BCUT2D eigenvalue weighted by atomic mass is 10.2. The molecule has 1 aromatic rings. The third kappa shape index (κ3) is 4.38. The van der Waals surface area contributed by atoms with E-state index in [0.29, 0.717) is 6.04 Å². The van der Waals surface area contributed by atoms with Crippen molar-refractivity contribution in [3.63, 3.8) is 0 Å². The van der Waals surface area contributed by atoms with Crippen LogP contribution in [0.2, 0.25) is 0 Å². The number of anilines is 1. The molecule has 0 saturated carbocycles. The van der Waals surface area contributed by atoms with Gasteiger partial charge in [-0.15, -0.1) is 0 Å². The predicted octanol–water partition coefficient (Wildman–Crippen LogP) is 2.83. The number of ether oxygens (including phenoxy) is 1. The van der Waals surface area contributed by atoms with E-state index in [0.717, 1.165) is 31.2 Å². The van der Waals surface area contributed by atoms with E-state index in [1.165, 1.54) is 12.8 Å². The number of imidazole rings is 1. The normalized spacial score (nSPS) is 12.7. The molecule has 1 aromatic heterocycles. The Morgan fingerprint density at radius 3 is 2.82 bits per heavy atom. The van der Waals surface area contributed by atoms with E-state index in [2.05, 4.69) is 34.9 Å². The van der Waals surface area contributed by atoms with E-state index in [1.54, 1.807) is 7.11 Å². The zero-order valence-electron chi connectivity index (χ0n) is 11.5. The van der Waals surface area contributed by atoms with Crippen molar-refractivity contribution in [3.05, 3.63) is 11.9 Å². The first-order valence-electron chi connectivity index (χ1n) is 6.50. The van der Waals surface area contributed by atoms with Crippen LogP contribution in [-0.2, 0) is 11.3 Å². The molecule has 98 valence electrons. The first-order valence-corrected chi connectivity index (χ1v) is 6.50. The van der Waals surface area contributed by atoms with Crippen molar-refractivity contribution in [2.45, 2.75) is 52.6 Å². The number of hydrogen-bond donors (Lipinski definition) is 1. The van der Waals surface area contributed by atoms with Gasteiger partial charge < -0.3 is 14.6 Å². The van der Waals surface area contributed by atoms with Crippen LogP contribution in [0.3, 0.4) is 0 Å². The summed E-state index contributed by atoms with van der Waals surface area (Å²) in [6.45, 7) is 8.14. The Balaban J connectivity index is 2.67. The van der Waals surface area contributed by atoms with Crippen molar-refractivity contribution >= 4 is 5.95 Å². The highest BCUT2D eigenvalue weighted by molar-refractivity contribution is 5.30. The molecule has 0 radical (unpaired) electrons. The van der Waals surface area contributed by atoms with Crippen LogP contribution in [0.1, 0.15) is 38.8 Å². The lowest BCUT2D eigenvalue weighted by Crippen LogP contribution is -2.25. The van der Waals surface area contributed by atoms with E-state index in [4.69, 9.17) is 4.74 Å². The summed E-state index contributed by atoms with van der Waals surface area (Å²) in [5, 5.41) is 3.45. The second kappa shape index (κ2) is 7.33. The van der Waals surface area contributed by atoms with Crippen molar-refractivity contribution in [3.8, 4) is 0 Å². The van der Waals surface area contributed by atoms with Gasteiger partial charge in [-0.05, 0) is 19.8 Å². The fourth-order valence-corrected chi connectivity index (χ4v) is 1.81. The Labute approximate surface area is 104 Å². The minimum Gasteiger partial charge on any atom is -0.383 e. The number of aromatic nitrogens is 2. The number of aryl methyl sites for hydroxylation is 2. The Bertz CT molecular complexity index is 322. The van der Waals surface area contributed by atoms with Crippen molar-refractivity contribution in [1.82, 2.24) is 9.55 Å². The molecule has 0 fully saturated rings. The molecule has 4 heteroatoms.